The van der Waals surface area contributed by atoms with Gasteiger partial charge in [0.05, 0.1) is 12.7 Å². The van der Waals surface area contributed by atoms with Crippen LogP contribution in [0.25, 0.3) is 0 Å². The van der Waals surface area contributed by atoms with Crippen molar-refractivity contribution < 1.29 is 9.53 Å². The summed E-state index contributed by atoms with van der Waals surface area (Å²) in [4.78, 5) is 14.3. The van der Waals surface area contributed by atoms with Gasteiger partial charge in [-0.05, 0) is 18.4 Å². The lowest BCUT2D eigenvalue weighted by Gasteiger charge is -2.33. The van der Waals surface area contributed by atoms with Crippen molar-refractivity contribution in [3.05, 3.63) is 35.4 Å². The fraction of sp³-hybridized carbons (Fsp3) is 0.611. The van der Waals surface area contributed by atoms with Gasteiger partial charge in [-0.15, -0.1) is 0 Å². The number of hydrogen-bond donors (Lipinski definition) is 2. The number of ether oxygens (including phenoxy) is 1. The molecule has 0 saturated carbocycles. The highest BCUT2D eigenvalue weighted by molar-refractivity contribution is 5.73. The lowest BCUT2D eigenvalue weighted by molar-refractivity contribution is -0.0290. The van der Waals surface area contributed by atoms with Gasteiger partial charge >= 0.3 is 6.03 Å². The van der Waals surface area contributed by atoms with Crippen LogP contribution < -0.4 is 10.6 Å². The fourth-order valence-corrected chi connectivity index (χ4v) is 2.74. The van der Waals surface area contributed by atoms with E-state index >= 15 is 0 Å². The van der Waals surface area contributed by atoms with Gasteiger partial charge in [0.2, 0.25) is 0 Å². The first-order valence-electron chi connectivity index (χ1n) is 8.44. The average Bonchev–Trinajstić information content (AvgIpc) is 2.52. The first-order valence-corrected chi connectivity index (χ1v) is 8.44. The van der Waals surface area contributed by atoms with Crippen molar-refractivity contribution in [2.45, 2.75) is 33.4 Å². The normalized spacial score (nSPS) is 18.9. The van der Waals surface area contributed by atoms with Crippen LogP contribution in [0.2, 0.25) is 0 Å². The van der Waals surface area contributed by atoms with E-state index in [1.165, 1.54) is 5.56 Å². The summed E-state index contributed by atoms with van der Waals surface area (Å²) >= 11 is 0. The minimum absolute atomic E-state index is 0.0765. The van der Waals surface area contributed by atoms with Gasteiger partial charge in [-0.2, -0.15) is 0 Å². The minimum Gasteiger partial charge on any atom is -0.374 e. The summed E-state index contributed by atoms with van der Waals surface area (Å²) in [5.41, 5.74) is 2.32. The van der Waals surface area contributed by atoms with E-state index in [2.05, 4.69) is 36.3 Å². The van der Waals surface area contributed by atoms with Crippen molar-refractivity contribution in [1.82, 2.24) is 15.5 Å². The van der Waals surface area contributed by atoms with Crippen LogP contribution in [0.15, 0.2) is 24.3 Å². The van der Waals surface area contributed by atoms with Crippen molar-refractivity contribution >= 4 is 6.03 Å². The molecule has 0 radical (unpaired) electrons. The molecular formula is C18H29N3O2. The molecule has 0 unspecified atom stereocenters. The van der Waals surface area contributed by atoms with Crippen LogP contribution in [-0.4, -0.2) is 49.8 Å². The summed E-state index contributed by atoms with van der Waals surface area (Å²) in [6, 6.07) is 8.02. The SMILES string of the molecule is Cc1ccc(CNC(=O)NC[C@H]2CN(CC(C)C)CCO2)cc1. The predicted octanol–water partition coefficient (Wildman–Crippen LogP) is 2.15. The maximum Gasteiger partial charge on any atom is 0.315 e. The third kappa shape index (κ3) is 6.59. The summed E-state index contributed by atoms with van der Waals surface area (Å²) in [6.07, 6.45) is 0.0765. The van der Waals surface area contributed by atoms with Crippen LogP contribution in [0, 0.1) is 12.8 Å². The Kier molecular flexibility index (Phi) is 6.86. The van der Waals surface area contributed by atoms with E-state index in [9.17, 15) is 4.79 Å². The molecule has 0 bridgehead atoms. The second-order valence-electron chi connectivity index (χ2n) is 6.70. The monoisotopic (exact) mass is 319 g/mol. The quantitative estimate of drug-likeness (QED) is 0.845. The summed E-state index contributed by atoms with van der Waals surface area (Å²) in [6.45, 7) is 11.3. The molecule has 1 heterocycles. The summed E-state index contributed by atoms with van der Waals surface area (Å²) in [7, 11) is 0. The molecule has 1 saturated heterocycles. The zero-order valence-corrected chi connectivity index (χ0v) is 14.5. The van der Waals surface area contributed by atoms with E-state index in [0.717, 1.165) is 31.8 Å². The highest BCUT2D eigenvalue weighted by Crippen LogP contribution is 2.07. The molecule has 1 aliphatic heterocycles. The summed E-state index contributed by atoms with van der Waals surface area (Å²) in [5, 5.41) is 5.79. The molecule has 1 fully saturated rings. The number of carbonyl (C=O) groups excluding carboxylic acids is 1. The highest BCUT2D eigenvalue weighted by atomic mass is 16.5. The second-order valence-corrected chi connectivity index (χ2v) is 6.70. The summed E-state index contributed by atoms with van der Waals surface area (Å²) < 4.78 is 5.73. The van der Waals surface area contributed by atoms with Gasteiger partial charge in [-0.3, -0.25) is 4.90 Å². The molecule has 1 aliphatic rings. The number of rotatable bonds is 6. The topological polar surface area (TPSA) is 53.6 Å². The maximum absolute atomic E-state index is 11.9. The van der Waals surface area contributed by atoms with Gasteiger partial charge in [-0.25, -0.2) is 4.79 Å². The standard InChI is InChI=1S/C18H29N3O2/c1-14(2)12-21-8-9-23-17(13-21)11-20-18(22)19-10-16-6-4-15(3)5-7-16/h4-7,14,17H,8-13H2,1-3H3,(H2,19,20,22)/t17-/m0/s1. The molecule has 5 nitrogen and oxygen atoms in total. The number of hydrogen-bond acceptors (Lipinski definition) is 3. The Labute approximate surface area is 139 Å². The molecule has 128 valence electrons. The first kappa shape index (κ1) is 17.8. The van der Waals surface area contributed by atoms with Gasteiger partial charge in [0.25, 0.3) is 0 Å². The first-order chi connectivity index (χ1) is 11.0. The third-order valence-electron chi connectivity index (χ3n) is 3.91. The van der Waals surface area contributed by atoms with Crippen molar-refractivity contribution in [2.24, 2.45) is 5.92 Å². The van der Waals surface area contributed by atoms with Crippen molar-refractivity contribution in [3.8, 4) is 0 Å². The summed E-state index contributed by atoms with van der Waals surface area (Å²) in [5.74, 6) is 0.652. The zero-order valence-electron chi connectivity index (χ0n) is 14.5. The molecule has 2 rings (SSSR count). The smallest absolute Gasteiger partial charge is 0.315 e. The van der Waals surface area contributed by atoms with Gasteiger partial charge in [-0.1, -0.05) is 43.7 Å². The number of morpholine rings is 1. The molecule has 2 N–H and O–H groups in total. The van der Waals surface area contributed by atoms with E-state index in [-0.39, 0.29) is 12.1 Å². The molecule has 1 atom stereocenters. The molecule has 0 aromatic heterocycles. The number of amides is 2. The molecular weight excluding hydrogens is 290 g/mol. The number of carbonyl (C=O) groups is 1. The van der Waals surface area contributed by atoms with Crippen molar-refractivity contribution in [2.75, 3.05) is 32.8 Å². The number of nitrogens with one attached hydrogen (secondary N) is 2. The number of nitrogens with zero attached hydrogens (tertiary/aromatic N) is 1. The van der Waals surface area contributed by atoms with E-state index in [4.69, 9.17) is 4.74 Å². The Morgan fingerprint density at radius 1 is 1.30 bits per heavy atom. The van der Waals surface area contributed by atoms with Crippen LogP contribution in [0.1, 0.15) is 25.0 Å². The minimum atomic E-state index is -0.143. The number of aryl methyl sites for hydroxylation is 1. The van der Waals surface area contributed by atoms with E-state index in [1.54, 1.807) is 0 Å². The van der Waals surface area contributed by atoms with Gasteiger partial charge < -0.3 is 15.4 Å². The van der Waals surface area contributed by atoms with Crippen LogP contribution in [-0.2, 0) is 11.3 Å². The molecule has 2 amide bonds. The Morgan fingerprint density at radius 2 is 2.04 bits per heavy atom. The Balaban J connectivity index is 1.66. The van der Waals surface area contributed by atoms with Crippen molar-refractivity contribution in [1.29, 1.82) is 0 Å². The van der Waals surface area contributed by atoms with Crippen LogP contribution in [0.5, 0.6) is 0 Å². The third-order valence-corrected chi connectivity index (χ3v) is 3.91. The Morgan fingerprint density at radius 3 is 2.74 bits per heavy atom. The fourth-order valence-electron chi connectivity index (χ4n) is 2.74. The molecule has 5 heteroatoms. The molecule has 0 spiro atoms. The van der Waals surface area contributed by atoms with Crippen LogP contribution in [0.4, 0.5) is 4.79 Å². The number of benzene rings is 1. The van der Waals surface area contributed by atoms with Gasteiger partial charge in [0.1, 0.15) is 0 Å². The molecule has 23 heavy (non-hydrogen) atoms. The van der Waals surface area contributed by atoms with E-state index in [1.807, 2.05) is 24.3 Å². The predicted molar refractivity (Wildman–Crippen MR) is 92.4 cm³/mol. The van der Waals surface area contributed by atoms with Gasteiger partial charge in [0, 0.05) is 32.7 Å². The molecule has 1 aromatic rings. The van der Waals surface area contributed by atoms with Crippen LogP contribution >= 0.6 is 0 Å². The lowest BCUT2D eigenvalue weighted by Crippen LogP contribution is -2.49. The Hall–Kier alpha value is -1.59. The van der Waals surface area contributed by atoms with E-state index in [0.29, 0.717) is 19.0 Å². The molecule has 1 aromatic carbocycles. The van der Waals surface area contributed by atoms with Crippen LogP contribution in [0.3, 0.4) is 0 Å². The second kappa shape index (κ2) is 8.89. The van der Waals surface area contributed by atoms with Gasteiger partial charge in [0.15, 0.2) is 0 Å². The highest BCUT2D eigenvalue weighted by Gasteiger charge is 2.21. The van der Waals surface area contributed by atoms with Crippen molar-refractivity contribution in [3.63, 3.8) is 0 Å². The zero-order chi connectivity index (χ0) is 16.7. The Bertz CT molecular complexity index is 488. The van der Waals surface area contributed by atoms with E-state index < -0.39 is 0 Å². The molecule has 0 aliphatic carbocycles. The largest absolute Gasteiger partial charge is 0.374 e. The maximum atomic E-state index is 11.9. The lowest BCUT2D eigenvalue weighted by atomic mass is 10.1. The average molecular weight is 319 g/mol. The number of urea groups is 1.